The molecule has 1 aromatic heterocycles. The van der Waals surface area contributed by atoms with Crippen LogP contribution in [0.4, 0.5) is 0 Å². The largest absolute Gasteiger partial charge is 0.497 e. The normalized spacial score (nSPS) is 25.5. The van der Waals surface area contributed by atoms with E-state index in [1.165, 1.54) is 0 Å². The Morgan fingerprint density at radius 3 is 2.83 bits per heavy atom. The Balaban J connectivity index is 2.01. The SMILES string of the molecule is COc1cccc(C=C2CCC(CN(C)C)C2(O)c2cccs2)c1. The van der Waals surface area contributed by atoms with Crippen LogP contribution < -0.4 is 4.74 Å². The Kier molecular flexibility index (Phi) is 5.09. The third kappa shape index (κ3) is 3.27. The Morgan fingerprint density at radius 1 is 1.33 bits per heavy atom. The molecular formula is C20H25NO2S. The third-order valence-corrected chi connectivity index (χ3v) is 5.75. The molecule has 1 heterocycles. The average molecular weight is 343 g/mol. The molecule has 1 aliphatic carbocycles. The smallest absolute Gasteiger partial charge is 0.124 e. The third-order valence-electron chi connectivity index (χ3n) is 4.76. The molecule has 1 saturated carbocycles. The first-order valence-electron chi connectivity index (χ1n) is 8.30. The zero-order valence-corrected chi connectivity index (χ0v) is 15.3. The molecular weight excluding hydrogens is 318 g/mol. The molecule has 0 saturated heterocycles. The van der Waals surface area contributed by atoms with Crippen molar-refractivity contribution in [2.45, 2.75) is 18.4 Å². The van der Waals surface area contributed by atoms with Crippen LogP contribution >= 0.6 is 11.3 Å². The quantitative estimate of drug-likeness (QED) is 0.891. The van der Waals surface area contributed by atoms with Gasteiger partial charge in [-0.1, -0.05) is 24.3 Å². The van der Waals surface area contributed by atoms with E-state index < -0.39 is 5.60 Å². The van der Waals surface area contributed by atoms with Gasteiger partial charge < -0.3 is 14.7 Å². The van der Waals surface area contributed by atoms with Gasteiger partial charge in [0.05, 0.1) is 7.11 Å². The van der Waals surface area contributed by atoms with Crippen LogP contribution in [0.15, 0.2) is 47.4 Å². The minimum absolute atomic E-state index is 0.211. The number of thiophene rings is 1. The maximum atomic E-state index is 11.7. The van der Waals surface area contributed by atoms with E-state index in [0.29, 0.717) is 0 Å². The molecule has 1 aromatic carbocycles. The van der Waals surface area contributed by atoms with Gasteiger partial charge in [0.1, 0.15) is 11.4 Å². The molecule has 128 valence electrons. The molecule has 1 aliphatic rings. The average Bonchev–Trinajstić information content (AvgIpc) is 3.19. The number of methoxy groups -OCH3 is 1. The highest BCUT2D eigenvalue weighted by Crippen LogP contribution is 2.49. The summed E-state index contributed by atoms with van der Waals surface area (Å²) in [5, 5.41) is 13.7. The van der Waals surface area contributed by atoms with Crippen molar-refractivity contribution >= 4 is 17.4 Å². The standard InChI is InChI=1S/C20H25NO2S/c1-21(2)14-17-10-9-16(20(17,22)19-8-5-11-24-19)12-15-6-4-7-18(13-15)23-3/h4-8,11-13,17,22H,9-10,14H2,1-3H3. The highest BCUT2D eigenvalue weighted by molar-refractivity contribution is 7.10. The predicted octanol–water partition coefficient (Wildman–Crippen LogP) is 4.00. The van der Waals surface area contributed by atoms with Crippen molar-refractivity contribution in [3.8, 4) is 5.75 Å². The van der Waals surface area contributed by atoms with Crippen molar-refractivity contribution in [3.05, 3.63) is 57.8 Å². The Hall–Kier alpha value is -1.62. The van der Waals surface area contributed by atoms with Crippen molar-refractivity contribution in [3.63, 3.8) is 0 Å². The molecule has 2 aromatic rings. The van der Waals surface area contributed by atoms with Crippen LogP contribution in [0.5, 0.6) is 5.75 Å². The lowest BCUT2D eigenvalue weighted by Crippen LogP contribution is -2.37. The number of rotatable bonds is 5. The molecule has 2 unspecified atom stereocenters. The van der Waals surface area contributed by atoms with E-state index in [2.05, 4.69) is 37.2 Å². The molecule has 0 radical (unpaired) electrons. The summed E-state index contributed by atoms with van der Waals surface area (Å²) >= 11 is 1.64. The first-order chi connectivity index (χ1) is 11.5. The summed E-state index contributed by atoms with van der Waals surface area (Å²) in [6, 6.07) is 12.1. The molecule has 0 aliphatic heterocycles. The first kappa shape index (κ1) is 17.2. The maximum absolute atomic E-state index is 11.7. The van der Waals surface area contributed by atoms with Crippen LogP contribution in [0.25, 0.3) is 6.08 Å². The molecule has 0 bridgehead atoms. The molecule has 0 amide bonds. The second-order valence-corrected chi connectivity index (χ2v) is 7.64. The van der Waals surface area contributed by atoms with Gasteiger partial charge in [0.2, 0.25) is 0 Å². The van der Waals surface area contributed by atoms with Crippen molar-refractivity contribution < 1.29 is 9.84 Å². The minimum Gasteiger partial charge on any atom is -0.497 e. The molecule has 3 rings (SSSR count). The fourth-order valence-electron chi connectivity index (χ4n) is 3.63. The molecule has 24 heavy (non-hydrogen) atoms. The lowest BCUT2D eigenvalue weighted by molar-refractivity contribution is 0.0250. The molecule has 4 heteroatoms. The summed E-state index contributed by atoms with van der Waals surface area (Å²) < 4.78 is 5.32. The number of hydrogen-bond donors (Lipinski definition) is 1. The van der Waals surface area contributed by atoms with E-state index in [4.69, 9.17) is 4.74 Å². The van der Waals surface area contributed by atoms with Gasteiger partial charge in [-0.15, -0.1) is 11.3 Å². The van der Waals surface area contributed by atoms with E-state index in [9.17, 15) is 5.11 Å². The number of aliphatic hydroxyl groups is 1. The lowest BCUT2D eigenvalue weighted by Gasteiger charge is -2.32. The number of nitrogens with zero attached hydrogens (tertiary/aromatic N) is 1. The van der Waals surface area contributed by atoms with Crippen LogP contribution in [-0.2, 0) is 5.60 Å². The lowest BCUT2D eigenvalue weighted by atomic mass is 9.85. The van der Waals surface area contributed by atoms with Gasteiger partial charge in [-0.05, 0) is 61.7 Å². The minimum atomic E-state index is -0.873. The van der Waals surface area contributed by atoms with Gasteiger partial charge in [0.15, 0.2) is 0 Å². The Morgan fingerprint density at radius 2 is 2.17 bits per heavy atom. The molecule has 1 N–H and O–H groups in total. The second-order valence-electron chi connectivity index (χ2n) is 6.69. The Bertz CT molecular complexity index is 708. The summed E-state index contributed by atoms with van der Waals surface area (Å²) in [5.41, 5.74) is 1.30. The summed E-state index contributed by atoms with van der Waals surface area (Å²) in [6.45, 7) is 0.879. The Labute approximate surface area is 148 Å². The van der Waals surface area contributed by atoms with Crippen LogP contribution in [0.3, 0.4) is 0 Å². The maximum Gasteiger partial charge on any atom is 0.124 e. The van der Waals surface area contributed by atoms with Gasteiger partial charge in [-0.2, -0.15) is 0 Å². The predicted molar refractivity (Wildman–Crippen MR) is 100 cm³/mol. The molecule has 2 atom stereocenters. The summed E-state index contributed by atoms with van der Waals surface area (Å²) in [6.07, 6.45) is 4.06. The van der Waals surface area contributed by atoms with E-state index >= 15 is 0 Å². The van der Waals surface area contributed by atoms with Crippen molar-refractivity contribution in [1.29, 1.82) is 0 Å². The van der Waals surface area contributed by atoms with Crippen molar-refractivity contribution in [2.75, 3.05) is 27.7 Å². The fraction of sp³-hybridized carbons (Fsp3) is 0.400. The fourth-order valence-corrected chi connectivity index (χ4v) is 4.56. The molecule has 3 nitrogen and oxygen atoms in total. The van der Waals surface area contributed by atoms with E-state index in [0.717, 1.165) is 41.1 Å². The highest BCUT2D eigenvalue weighted by Gasteiger charge is 2.47. The monoisotopic (exact) mass is 343 g/mol. The highest BCUT2D eigenvalue weighted by atomic mass is 32.1. The van der Waals surface area contributed by atoms with Gasteiger partial charge in [-0.25, -0.2) is 0 Å². The van der Waals surface area contributed by atoms with Crippen LogP contribution in [0.1, 0.15) is 23.3 Å². The van der Waals surface area contributed by atoms with Crippen LogP contribution in [0.2, 0.25) is 0 Å². The summed E-state index contributed by atoms with van der Waals surface area (Å²) in [4.78, 5) is 3.21. The van der Waals surface area contributed by atoms with E-state index in [1.807, 2.05) is 29.6 Å². The zero-order chi connectivity index (χ0) is 17.2. The first-order valence-corrected chi connectivity index (χ1v) is 9.18. The second kappa shape index (κ2) is 7.09. The van der Waals surface area contributed by atoms with Crippen molar-refractivity contribution in [1.82, 2.24) is 4.90 Å². The van der Waals surface area contributed by atoms with Gasteiger partial charge in [0.25, 0.3) is 0 Å². The number of hydrogen-bond acceptors (Lipinski definition) is 4. The van der Waals surface area contributed by atoms with E-state index in [-0.39, 0.29) is 5.92 Å². The summed E-state index contributed by atoms with van der Waals surface area (Å²) in [5.74, 6) is 1.05. The molecule has 0 spiro atoms. The van der Waals surface area contributed by atoms with Gasteiger partial charge in [0, 0.05) is 17.3 Å². The van der Waals surface area contributed by atoms with Crippen LogP contribution in [-0.4, -0.2) is 37.8 Å². The van der Waals surface area contributed by atoms with Crippen molar-refractivity contribution in [2.24, 2.45) is 5.92 Å². The van der Waals surface area contributed by atoms with E-state index in [1.54, 1.807) is 18.4 Å². The van der Waals surface area contributed by atoms with Gasteiger partial charge in [-0.3, -0.25) is 0 Å². The number of benzene rings is 1. The molecule has 1 fully saturated rings. The number of ether oxygens (including phenoxy) is 1. The summed E-state index contributed by atoms with van der Waals surface area (Å²) in [7, 11) is 5.81. The zero-order valence-electron chi connectivity index (χ0n) is 14.5. The van der Waals surface area contributed by atoms with Crippen LogP contribution in [0, 0.1) is 5.92 Å². The topological polar surface area (TPSA) is 32.7 Å². The van der Waals surface area contributed by atoms with Gasteiger partial charge >= 0.3 is 0 Å².